The van der Waals surface area contributed by atoms with Crippen molar-refractivity contribution >= 4 is 11.9 Å². The molecule has 0 aliphatic rings. The Bertz CT molecular complexity index is 511. The van der Waals surface area contributed by atoms with Gasteiger partial charge in [-0.1, -0.05) is 23.8 Å². The minimum Gasteiger partial charge on any atom is -0.480 e. The van der Waals surface area contributed by atoms with Crippen LogP contribution in [0.2, 0.25) is 0 Å². The molecule has 0 saturated heterocycles. The van der Waals surface area contributed by atoms with Crippen LogP contribution in [0.4, 0.5) is 0 Å². The molecule has 0 spiro atoms. The lowest BCUT2D eigenvalue weighted by Gasteiger charge is -2.15. The van der Waals surface area contributed by atoms with Gasteiger partial charge in [0.05, 0.1) is 13.2 Å². The van der Waals surface area contributed by atoms with E-state index in [0.717, 1.165) is 11.1 Å². The number of hydrogen-bond donors (Lipinski definition) is 2. The molecule has 1 amide bonds. The van der Waals surface area contributed by atoms with Crippen LogP contribution >= 0.6 is 0 Å². The maximum absolute atomic E-state index is 12.1. The minimum atomic E-state index is -1.13. The second-order valence-corrected chi connectivity index (χ2v) is 4.51. The van der Waals surface area contributed by atoms with Crippen LogP contribution in [-0.2, 0) is 9.53 Å². The van der Waals surface area contributed by atoms with Crippen LogP contribution in [0.15, 0.2) is 30.9 Å². The number of aliphatic carboxylic acids is 1. The summed E-state index contributed by atoms with van der Waals surface area (Å²) in [7, 11) is 0. The largest absolute Gasteiger partial charge is 0.480 e. The predicted octanol–water partition coefficient (Wildman–Crippen LogP) is 1.69. The van der Waals surface area contributed by atoms with Crippen LogP contribution in [0, 0.1) is 13.8 Å². The number of benzene rings is 1. The van der Waals surface area contributed by atoms with Crippen LogP contribution in [-0.4, -0.2) is 36.2 Å². The fraction of sp³-hybridized carbons (Fsp3) is 0.333. The van der Waals surface area contributed by atoms with Crippen molar-refractivity contribution in [3.8, 4) is 0 Å². The molecule has 0 radical (unpaired) electrons. The van der Waals surface area contributed by atoms with Gasteiger partial charge in [-0.15, -0.1) is 6.58 Å². The molecule has 5 nitrogen and oxygen atoms in total. The van der Waals surface area contributed by atoms with Crippen LogP contribution in [0.25, 0.3) is 0 Å². The van der Waals surface area contributed by atoms with Gasteiger partial charge in [0.25, 0.3) is 5.91 Å². The molecule has 0 aliphatic carbocycles. The Labute approximate surface area is 118 Å². The molecule has 0 fully saturated rings. The molecule has 5 heteroatoms. The van der Waals surface area contributed by atoms with Crippen molar-refractivity contribution in [2.75, 3.05) is 13.2 Å². The summed E-state index contributed by atoms with van der Waals surface area (Å²) in [6.45, 7) is 7.29. The quantitative estimate of drug-likeness (QED) is 0.587. The van der Waals surface area contributed by atoms with Crippen molar-refractivity contribution in [3.05, 3.63) is 47.5 Å². The summed E-state index contributed by atoms with van der Waals surface area (Å²) in [5, 5.41) is 11.5. The van der Waals surface area contributed by atoms with Crippen LogP contribution in [0.3, 0.4) is 0 Å². The van der Waals surface area contributed by atoms with Gasteiger partial charge in [0.15, 0.2) is 6.04 Å². The van der Waals surface area contributed by atoms with E-state index in [2.05, 4.69) is 11.9 Å². The normalized spacial score (nSPS) is 11.7. The molecule has 1 aromatic rings. The number of rotatable bonds is 7. The summed E-state index contributed by atoms with van der Waals surface area (Å²) in [6, 6.07) is 4.37. The van der Waals surface area contributed by atoms with Crippen LogP contribution < -0.4 is 5.32 Å². The molecule has 108 valence electrons. The van der Waals surface area contributed by atoms with Gasteiger partial charge < -0.3 is 15.2 Å². The molecule has 0 aromatic heterocycles. The highest BCUT2D eigenvalue weighted by atomic mass is 16.5. The van der Waals surface area contributed by atoms with E-state index in [1.807, 2.05) is 19.1 Å². The molecule has 2 N–H and O–H groups in total. The van der Waals surface area contributed by atoms with E-state index in [1.54, 1.807) is 13.0 Å². The van der Waals surface area contributed by atoms with Crippen LogP contribution in [0.5, 0.6) is 0 Å². The summed E-state index contributed by atoms with van der Waals surface area (Å²) < 4.78 is 5.08. The Morgan fingerprint density at radius 3 is 2.75 bits per heavy atom. The number of carboxylic acid groups (broad SMARTS) is 1. The van der Waals surface area contributed by atoms with E-state index in [0.29, 0.717) is 5.56 Å². The molecular weight excluding hydrogens is 258 g/mol. The van der Waals surface area contributed by atoms with Gasteiger partial charge in [-0.2, -0.15) is 0 Å². The van der Waals surface area contributed by atoms with E-state index in [9.17, 15) is 9.59 Å². The Balaban J connectivity index is 2.77. The Morgan fingerprint density at radius 2 is 2.15 bits per heavy atom. The number of hydrogen-bond acceptors (Lipinski definition) is 3. The number of carbonyl (C=O) groups is 2. The average Bonchev–Trinajstić information content (AvgIpc) is 2.40. The Morgan fingerprint density at radius 1 is 1.45 bits per heavy atom. The van der Waals surface area contributed by atoms with Crippen molar-refractivity contribution < 1.29 is 19.4 Å². The lowest BCUT2D eigenvalue weighted by molar-refractivity contribution is -0.140. The van der Waals surface area contributed by atoms with E-state index in [4.69, 9.17) is 9.84 Å². The summed E-state index contributed by atoms with van der Waals surface area (Å²) >= 11 is 0. The number of carbonyl (C=O) groups excluding carboxylic acids is 1. The maximum atomic E-state index is 12.1. The minimum absolute atomic E-state index is 0.0992. The third-order valence-corrected chi connectivity index (χ3v) is 2.76. The third kappa shape index (κ3) is 4.51. The third-order valence-electron chi connectivity index (χ3n) is 2.76. The first-order valence-corrected chi connectivity index (χ1v) is 6.25. The average molecular weight is 277 g/mol. The van der Waals surface area contributed by atoms with Gasteiger partial charge in [0.2, 0.25) is 0 Å². The molecule has 1 rings (SSSR count). The van der Waals surface area contributed by atoms with Crippen molar-refractivity contribution in [1.82, 2.24) is 5.32 Å². The van der Waals surface area contributed by atoms with Crippen molar-refractivity contribution in [3.63, 3.8) is 0 Å². The van der Waals surface area contributed by atoms with Gasteiger partial charge in [0.1, 0.15) is 0 Å². The van der Waals surface area contributed by atoms with Gasteiger partial charge in [-0.25, -0.2) is 4.79 Å². The second-order valence-electron chi connectivity index (χ2n) is 4.51. The summed E-state index contributed by atoms with van der Waals surface area (Å²) in [4.78, 5) is 23.2. The Hall–Kier alpha value is -2.14. The van der Waals surface area contributed by atoms with E-state index < -0.39 is 17.9 Å². The highest BCUT2D eigenvalue weighted by molar-refractivity contribution is 5.98. The highest BCUT2D eigenvalue weighted by Crippen LogP contribution is 2.10. The smallest absolute Gasteiger partial charge is 0.328 e. The van der Waals surface area contributed by atoms with Crippen LogP contribution in [0.1, 0.15) is 21.5 Å². The van der Waals surface area contributed by atoms with E-state index in [1.165, 1.54) is 6.08 Å². The van der Waals surface area contributed by atoms with Crippen molar-refractivity contribution in [2.45, 2.75) is 19.9 Å². The zero-order valence-corrected chi connectivity index (χ0v) is 11.7. The molecule has 0 saturated carbocycles. The molecule has 1 aromatic carbocycles. The van der Waals surface area contributed by atoms with Gasteiger partial charge in [0, 0.05) is 5.56 Å². The standard InChI is InChI=1S/C15H19NO4/c1-4-7-20-9-13(15(18)19)16-14(17)12-8-10(2)5-6-11(12)3/h4-6,8,13H,1,7,9H2,2-3H3,(H,16,17)(H,18,19). The highest BCUT2D eigenvalue weighted by Gasteiger charge is 2.21. The van der Waals surface area contributed by atoms with Gasteiger partial charge in [-0.05, 0) is 25.5 Å². The number of aryl methyl sites for hydroxylation is 2. The molecule has 1 unspecified atom stereocenters. The topological polar surface area (TPSA) is 75.6 Å². The second kappa shape index (κ2) is 7.45. The Kier molecular flexibility index (Phi) is 5.93. The zero-order chi connectivity index (χ0) is 15.1. The molecule has 1 atom stereocenters. The zero-order valence-electron chi connectivity index (χ0n) is 11.7. The van der Waals surface area contributed by atoms with E-state index in [-0.39, 0.29) is 13.2 Å². The molecular formula is C15H19NO4. The SMILES string of the molecule is C=CCOCC(NC(=O)c1cc(C)ccc1C)C(=O)O. The van der Waals surface area contributed by atoms with Crippen molar-refractivity contribution in [2.24, 2.45) is 0 Å². The maximum Gasteiger partial charge on any atom is 0.328 e. The molecule has 0 heterocycles. The fourth-order valence-corrected chi connectivity index (χ4v) is 1.66. The van der Waals surface area contributed by atoms with E-state index >= 15 is 0 Å². The molecule has 20 heavy (non-hydrogen) atoms. The lowest BCUT2D eigenvalue weighted by Crippen LogP contribution is -2.44. The summed E-state index contributed by atoms with van der Waals surface area (Å²) in [5.74, 6) is -1.55. The number of amides is 1. The number of carboxylic acids is 1. The summed E-state index contributed by atoms with van der Waals surface area (Å²) in [5.41, 5.74) is 2.21. The first-order chi connectivity index (χ1) is 9.45. The fourth-order valence-electron chi connectivity index (χ4n) is 1.66. The summed E-state index contributed by atoms with van der Waals surface area (Å²) in [6.07, 6.45) is 1.52. The van der Waals surface area contributed by atoms with Crippen molar-refractivity contribution in [1.29, 1.82) is 0 Å². The number of ether oxygens (including phenoxy) is 1. The van der Waals surface area contributed by atoms with Gasteiger partial charge in [-0.3, -0.25) is 4.79 Å². The van der Waals surface area contributed by atoms with Gasteiger partial charge >= 0.3 is 5.97 Å². The molecule has 0 aliphatic heterocycles. The first kappa shape index (κ1) is 15.9. The molecule has 0 bridgehead atoms. The predicted molar refractivity (Wildman–Crippen MR) is 75.8 cm³/mol. The lowest BCUT2D eigenvalue weighted by atomic mass is 10.0. The number of nitrogens with one attached hydrogen (secondary N) is 1. The monoisotopic (exact) mass is 277 g/mol. The first-order valence-electron chi connectivity index (χ1n) is 6.25.